The van der Waals surface area contributed by atoms with Crippen LogP contribution in [0.3, 0.4) is 0 Å². The number of carbonyl (C=O) groups is 1. The topological polar surface area (TPSA) is 61.8 Å². The lowest BCUT2D eigenvalue weighted by molar-refractivity contribution is -0.123. The Morgan fingerprint density at radius 2 is 1.40 bits per heavy atom. The summed E-state index contributed by atoms with van der Waals surface area (Å²) < 4.78 is 5.45. The molecule has 1 aromatic carbocycles. The molecule has 1 amide bonds. The zero-order valence-electron chi connectivity index (χ0n) is 22.1. The molecule has 6 heteroatoms. The molecule has 1 aromatic rings. The number of hydrogen-bond acceptors (Lipinski definition) is 4. The molecule has 2 atom stereocenters. The van der Waals surface area contributed by atoms with Gasteiger partial charge in [-0.05, 0) is 12.0 Å². The number of benzene rings is 1. The Labute approximate surface area is 220 Å². The second-order valence-corrected chi connectivity index (χ2v) is 9.94. The van der Waals surface area contributed by atoms with E-state index in [1.54, 1.807) is 0 Å². The standard InChI is InChI=1S/C29H50N2O3.ClH/c1-2-3-4-5-6-7-8-9-10-11-12-13-17-20-28(32)30-27(25-31-21-23-34-24-22-31)29(33)26-18-15-14-16-19-26;/h14-16,18-19,27,29,33H,2-13,17,20-25H2,1H3,(H,30,32);1H. The van der Waals surface area contributed by atoms with Crippen LogP contribution in [0.1, 0.15) is 108 Å². The highest BCUT2D eigenvalue weighted by molar-refractivity contribution is 5.85. The van der Waals surface area contributed by atoms with Crippen LogP contribution >= 0.6 is 12.4 Å². The van der Waals surface area contributed by atoms with E-state index in [2.05, 4.69) is 17.1 Å². The highest BCUT2D eigenvalue weighted by Gasteiger charge is 2.26. The van der Waals surface area contributed by atoms with Crippen LogP contribution in [0.5, 0.6) is 0 Å². The van der Waals surface area contributed by atoms with Crippen LogP contribution in [0.15, 0.2) is 30.3 Å². The van der Waals surface area contributed by atoms with E-state index in [1.807, 2.05) is 30.3 Å². The summed E-state index contributed by atoms with van der Waals surface area (Å²) in [7, 11) is 0. The van der Waals surface area contributed by atoms with Gasteiger partial charge in [0.2, 0.25) is 5.91 Å². The highest BCUT2D eigenvalue weighted by atomic mass is 35.5. The number of carbonyl (C=O) groups excluding carboxylic acids is 1. The van der Waals surface area contributed by atoms with Crippen molar-refractivity contribution < 1.29 is 14.6 Å². The van der Waals surface area contributed by atoms with Gasteiger partial charge in [-0.2, -0.15) is 0 Å². The molecule has 202 valence electrons. The predicted molar refractivity (Wildman–Crippen MR) is 148 cm³/mol. The smallest absolute Gasteiger partial charge is 0.220 e. The molecule has 2 N–H and O–H groups in total. The van der Waals surface area contributed by atoms with Gasteiger partial charge in [-0.3, -0.25) is 9.69 Å². The van der Waals surface area contributed by atoms with Crippen molar-refractivity contribution in [3.8, 4) is 0 Å². The number of nitrogens with zero attached hydrogens (tertiary/aromatic N) is 1. The Kier molecular flexibility index (Phi) is 19.1. The van der Waals surface area contributed by atoms with Crippen molar-refractivity contribution in [2.45, 2.75) is 109 Å². The van der Waals surface area contributed by atoms with E-state index >= 15 is 0 Å². The fraction of sp³-hybridized carbons (Fsp3) is 0.759. The number of unbranched alkanes of at least 4 members (excludes halogenated alkanes) is 12. The number of aliphatic hydroxyl groups excluding tert-OH is 1. The third-order valence-corrected chi connectivity index (χ3v) is 6.93. The summed E-state index contributed by atoms with van der Waals surface area (Å²) in [6.07, 6.45) is 16.8. The average molecular weight is 511 g/mol. The zero-order chi connectivity index (χ0) is 24.3. The van der Waals surface area contributed by atoms with Crippen molar-refractivity contribution >= 4 is 18.3 Å². The van der Waals surface area contributed by atoms with Crippen LogP contribution in [-0.2, 0) is 9.53 Å². The van der Waals surface area contributed by atoms with Crippen molar-refractivity contribution in [3.05, 3.63) is 35.9 Å². The van der Waals surface area contributed by atoms with Gasteiger partial charge in [0.15, 0.2) is 0 Å². The molecule has 1 fully saturated rings. The largest absolute Gasteiger partial charge is 0.386 e. The molecule has 0 bridgehead atoms. The monoisotopic (exact) mass is 510 g/mol. The maximum absolute atomic E-state index is 12.7. The molecule has 0 radical (unpaired) electrons. The third-order valence-electron chi connectivity index (χ3n) is 6.93. The minimum absolute atomic E-state index is 0. The first-order valence-electron chi connectivity index (χ1n) is 14.0. The maximum Gasteiger partial charge on any atom is 0.220 e. The minimum Gasteiger partial charge on any atom is -0.386 e. The van der Waals surface area contributed by atoms with E-state index < -0.39 is 6.10 Å². The number of hydrogen-bond donors (Lipinski definition) is 2. The molecule has 5 nitrogen and oxygen atoms in total. The van der Waals surface area contributed by atoms with E-state index in [-0.39, 0.29) is 24.4 Å². The molecule has 1 heterocycles. The van der Waals surface area contributed by atoms with Crippen molar-refractivity contribution in [1.29, 1.82) is 0 Å². The van der Waals surface area contributed by atoms with Gasteiger partial charge >= 0.3 is 0 Å². The molecule has 2 rings (SSSR count). The third kappa shape index (κ3) is 14.9. The number of rotatable bonds is 19. The number of morpholine rings is 1. The summed E-state index contributed by atoms with van der Waals surface area (Å²) in [4.78, 5) is 14.9. The summed E-state index contributed by atoms with van der Waals surface area (Å²) >= 11 is 0. The summed E-state index contributed by atoms with van der Waals surface area (Å²) in [6.45, 7) is 6.01. The lowest BCUT2D eigenvalue weighted by Crippen LogP contribution is -2.49. The van der Waals surface area contributed by atoms with Gasteiger partial charge in [0, 0.05) is 26.1 Å². The van der Waals surface area contributed by atoms with Crippen molar-refractivity contribution in [2.24, 2.45) is 0 Å². The van der Waals surface area contributed by atoms with Crippen molar-refractivity contribution in [2.75, 3.05) is 32.8 Å². The first-order valence-corrected chi connectivity index (χ1v) is 14.0. The van der Waals surface area contributed by atoms with Gasteiger partial charge in [-0.25, -0.2) is 0 Å². The Morgan fingerprint density at radius 1 is 0.886 bits per heavy atom. The Morgan fingerprint density at radius 3 is 1.94 bits per heavy atom. The van der Waals surface area contributed by atoms with Gasteiger partial charge in [-0.1, -0.05) is 114 Å². The van der Waals surface area contributed by atoms with Crippen molar-refractivity contribution in [1.82, 2.24) is 10.2 Å². The van der Waals surface area contributed by atoms with Gasteiger partial charge in [-0.15, -0.1) is 12.4 Å². The highest BCUT2D eigenvalue weighted by Crippen LogP contribution is 2.19. The number of ether oxygens (including phenoxy) is 1. The fourth-order valence-corrected chi connectivity index (χ4v) is 4.75. The first kappa shape index (κ1) is 31.9. The van der Waals surface area contributed by atoms with Crippen LogP contribution in [0.4, 0.5) is 0 Å². The lowest BCUT2D eigenvalue weighted by Gasteiger charge is -2.33. The maximum atomic E-state index is 12.7. The Bertz CT molecular complexity index is 626. The molecule has 0 spiro atoms. The lowest BCUT2D eigenvalue weighted by atomic mass is 10.0. The number of amides is 1. The molecule has 1 aliphatic heterocycles. The number of halogens is 1. The second-order valence-electron chi connectivity index (χ2n) is 9.94. The second kappa shape index (κ2) is 21.0. The van der Waals surface area contributed by atoms with Crippen molar-refractivity contribution in [3.63, 3.8) is 0 Å². The summed E-state index contributed by atoms with van der Waals surface area (Å²) in [5.74, 6) is 0.0521. The predicted octanol–water partition coefficient (Wildman–Crippen LogP) is 6.44. The molecule has 1 saturated heterocycles. The van der Waals surface area contributed by atoms with Crippen LogP contribution in [0.2, 0.25) is 0 Å². The molecule has 2 unspecified atom stereocenters. The number of nitrogens with one attached hydrogen (secondary N) is 1. The normalized spacial score (nSPS) is 15.8. The fourth-order valence-electron chi connectivity index (χ4n) is 4.75. The zero-order valence-corrected chi connectivity index (χ0v) is 22.9. The molecular weight excluding hydrogens is 460 g/mol. The van der Waals surface area contributed by atoms with Crippen LogP contribution in [0.25, 0.3) is 0 Å². The molecular formula is C29H51ClN2O3. The molecule has 0 aromatic heterocycles. The molecule has 0 saturated carbocycles. The van der Waals surface area contributed by atoms with Gasteiger partial charge in [0.25, 0.3) is 0 Å². The van der Waals surface area contributed by atoms with Crippen LogP contribution in [-0.4, -0.2) is 54.8 Å². The van der Waals surface area contributed by atoms with E-state index in [1.165, 1.54) is 70.6 Å². The minimum atomic E-state index is -0.709. The quantitative estimate of drug-likeness (QED) is 0.210. The average Bonchev–Trinajstić information content (AvgIpc) is 2.87. The van der Waals surface area contributed by atoms with Crippen LogP contribution < -0.4 is 5.32 Å². The van der Waals surface area contributed by atoms with E-state index in [0.29, 0.717) is 26.2 Å². The summed E-state index contributed by atoms with van der Waals surface area (Å²) in [6, 6.07) is 9.35. The molecule has 0 aliphatic carbocycles. The molecule has 35 heavy (non-hydrogen) atoms. The number of aliphatic hydroxyl groups is 1. The summed E-state index contributed by atoms with van der Waals surface area (Å²) in [5.41, 5.74) is 0.849. The van der Waals surface area contributed by atoms with E-state index in [4.69, 9.17) is 4.74 Å². The Balaban J connectivity index is 0.00000612. The van der Waals surface area contributed by atoms with E-state index in [9.17, 15) is 9.90 Å². The van der Waals surface area contributed by atoms with Gasteiger partial charge in [0.05, 0.1) is 19.3 Å². The van der Waals surface area contributed by atoms with Gasteiger partial charge < -0.3 is 15.2 Å². The van der Waals surface area contributed by atoms with Crippen LogP contribution in [0, 0.1) is 0 Å². The van der Waals surface area contributed by atoms with E-state index in [0.717, 1.165) is 31.5 Å². The SMILES string of the molecule is CCCCCCCCCCCCCCCC(=O)NC(CN1CCOCC1)C(O)c1ccccc1.Cl. The Hall–Kier alpha value is -1.14. The summed E-state index contributed by atoms with van der Waals surface area (Å²) in [5, 5.41) is 14.1. The first-order chi connectivity index (χ1) is 16.7. The van der Waals surface area contributed by atoms with Gasteiger partial charge in [0.1, 0.15) is 6.10 Å². The molecule has 1 aliphatic rings.